The van der Waals surface area contributed by atoms with Gasteiger partial charge in [-0.1, -0.05) is 0 Å². The first-order valence-electron chi connectivity index (χ1n) is 8.09. The number of carbonyl (C=O) groups is 3. The Morgan fingerprint density at radius 1 is 0.571 bits per heavy atom. The molecule has 0 aliphatic rings. The van der Waals surface area contributed by atoms with Crippen molar-refractivity contribution in [1.29, 1.82) is 0 Å². The van der Waals surface area contributed by atoms with Gasteiger partial charge in [0.15, 0.2) is 0 Å². The van der Waals surface area contributed by atoms with Crippen LogP contribution in [0, 0.1) is 0 Å². The molecule has 0 fully saturated rings. The molecule has 2 N–H and O–H groups in total. The number of aromatic carboxylic acids is 1. The lowest BCUT2D eigenvalue weighted by molar-refractivity contribution is 0.0694. The zero-order chi connectivity index (χ0) is 20.1. The fourth-order valence-electron chi connectivity index (χ4n) is 2.25. The fraction of sp³-hybridized carbons (Fsp3) is 0. The van der Waals surface area contributed by atoms with Crippen LogP contribution in [0.4, 0.5) is 0 Å². The van der Waals surface area contributed by atoms with E-state index in [4.69, 9.17) is 14.6 Å². The maximum absolute atomic E-state index is 12.2. The SMILES string of the molecule is O=C(O)c1ccc(OC(=O)c2ccc(C(=O)Oc3ccc(O)cc3)cc2)cc1. The Hall–Kier alpha value is -4.13. The van der Waals surface area contributed by atoms with Crippen molar-refractivity contribution in [3.63, 3.8) is 0 Å². The summed E-state index contributed by atoms with van der Waals surface area (Å²) in [4.78, 5) is 35.1. The largest absolute Gasteiger partial charge is 0.508 e. The van der Waals surface area contributed by atoms with E-state index in [1.165, 1.54) is 72.8 Å². The minimum absolute atomic E-state index is 0.0558. The molecule has 3 rings (SSSR count). The highest BCUT2D eigenvalue weighted by molar-refractivity contribution is 5.95. The molecule has 0 bridgehead atoms. The Kier molecular flexibility index (Phi) is 5.36. The zero-order valence-electron chi connectivity index (χ0n) is 14.4. The summed E-state index contributed by atoms with van der Waals surface area (Å²) in [5, 5.41) is 18.1. The van der Waals surface area contributed by atoms with E-state index >= 15 is 0 Å². The van der Waals surface area contributed by atoms with Crippen LogP contribution in [0.15, 0.2) is 72.8 Å². The van der Waals surface area contributed by atoms with Crippen molar-refractivity contribution >= 4 is 17.9 Å². The first-order chi connectivity index (χ1) is 13.4. The second-order valence-corrected chi connectivity index (χ2v) is 5.68. The summed E-state index contributed by atoms with van der Waals surface area (Å²) >= 11 is 0. The van der Waals surface area contributed by atoms with E-state index in [0.717, 1.165) is 0 Å². The third kappa shape index (κ3) is 4.53. The maximum Gasteiger partial charge on any atom is 0.343 e. The predicted molar refractivity (Wildman–Crippen MR) is 97.9 cm³/mol. The van der Waals surface area contributed by atoms with Gasteiger partial charge in [0, 0.05) is 0 Å². The molecule has 28 heavy (non-hydrogen) atoms. The Labute approximate surface area is 159 Å². The van der Waals surface area contributed by atoms with E-state index in [9.17, 15) is 19.5 Å². The summed E-state index contributed by atoms with van der Waals surface area (Å²) in [6.45, 7) is 0. The number of hydrogen-bond acceptors (Lipinski definition) is 6. The first kappa shape index (κ1) is 18.7. The number of benzene rings is 3. The van der Waals surface area contributed by atoms with Crippen molar-refractivity contribution in [2.24, 2.45) is 0 Å². The molecule has 0 saturated carbocycles. The minimum Gasteiger partial charge on any atom is -0.508 e. The number of carboxylic acid groups (broad SMARTS) is 1. The minimum atomic E-state index is -1.08. The van der Waals surface area contributed by atoms with Crippen molar-refractivity contribution in [3.8, 4) is 17.2 Å². The Balaban J connectivity index is 1.64. The molecular weight excluding hydrogens is 364 g/mol. The Bertz CT molecular complexity index is 1000. The molecule has 7 heteroatoms. The molecule has 0 heterocycles. The van der Waals surface area contributed by atoms with Gasteiger partial charge in [0.05, 0.1) is 16.7 Å². The van der Waals surface area contributed by atoms with Crippen LogP contribution in [0.25, 0.3) is 0 Å². The highest BCUT2D eigenvalue weighted by Gasteiger charge is 2.13. The average Bonchev–Trinajstić information content (AvgIpc) is 2.70. The monoisotopic (exact) mass is 378 g/mol. The van der Waals surface area contributed by atoms with E-state index in [1.807, 2.05) is 0 Å². The van der Waals surface area contributed by atoms with Gasteiger partial charge < -0.3 is 19.7 Å². The van der Waals surface area contributed by atoms with Crippen LogP contribution in [0.3, 0.4) is 0 Å². The van der Waals surface area contributed by atoms with E-state index in [2.05, 4.69) is 0 Å². The molecule has 3 aromatic rings. The maximum atomic E-state index is 12.2. The van der Waals surface area contributed by atoms with Gasteiger partial charge in [-0.15, -0.1) is 0 Å². The fourth-order valence-corrected chi connectivity index (χ4v) is 2.25. The summed E-state index contributed by atoms with van der Waals surface area (Å²) in [6.07, 6.45) is 0. The quantitative estimate of drug-likeness (QED) is 0.516. The van der Waals surface area contributed by atoms with Gasteiger partial charge in [0.2, 0.25) is 0 Å². The van der Waals surface area contributed by atoms with Gasteiger partial charge in [-0.3, -0.25) is 0 Å². The molecule has 0 aromatic heterocycles. The van der Waals surface area contributed by atoms with Crippen LogP contribution in [0.1, 0.15) is 31.1 Å². The molecule has 0 aliphatic heterocycles. The smallest absolute Gasteiger partial charge is 0.343 e. The summed E-state index contributed by atoms with van der Waals surface area (Å²) in [7, 11) is 0. The molecule has 0 amide bonds. The van der Waals surface area contributed by atoms with Crippen LogP contribution in [0.2, 0.25) is 0 Å². The molecule has 0 aliphatic carbocycles. The molecule has 7 nitrogen and oxygen atoms in total. The number of phenolic OH excluding ortho intramolecular Hbond substituents is 1. The molecule has 0 spiro atoms. The zero-order valence-corrected chi connectivity index (χ0v) is 14.4. The van der Waals surface area contributed by atoms with Gasteiger partial charge in [-0.05, 0) is 72.8 Å². The van der Waals surface area contributed by atoms with Crippen LogP contribution < -0.4 is 9.47 Å². The number of carbonyl (C=O) groups excluding carboxylic acids is 2. The number of ether oxygens (including phenoxy) is 2. The lowest BCUT2D eigenvalue weighted by atomic mass is 10.1. The van der Waals surface area contributed by atoms with E-state index in [-0.39, 0.29) is 33.9 Å². The lowest BCUT2D eigenvalue weighted by Gasteiger charge is -2.07. The van der Waals surface area contributed by atoms with Crippen molar-refractivity contribution in [3.05, 3.63) is 89.5 Å². The molecule has 140 valence electrons. The van der Waals surface area contributed by atoms with Crippen molar-refractivity contribution in [2.75, 3.05) is 0 Å². The van der Waals surface area contributed by atoms with Gasteiger partial charge in [0.1, 0.15) is 17.2 Å². The van der Waals surface area contributed by atoms with Gasteiger partial charge in [-0.2, -0.15) is 0 Å². The average molecular weight is 378 g/mol. The number of rotatable bonds is 5. The van der Waals surface area contributed by atoms with Crippen molar-refractivity contribution < 1.29 is 34.1 Å². The van der Waals surface area contributed by atoms with Crippen molar-refractivity contribution in [2.45, 2.75) is 0 Å². The van der Waals surface area contributed by atoms with Gasteiger partial charge in [-0.25, -0.2) is 14.4 Å². The van der Waals surface area contributed by atoms with Crippen LogP contribution in [-0.4, -0.2) is 28.1 Å². The number of phenols is 1. The summed E-state index contributed by atoms with van der Waals surface area (Å²) in [5.41, 5.74) is 0.523. The molecular formula is C21H14O7. The van der Waals surface area contributed by atoms with Gasteiger partial charge in [0.25, 0.3) is 0 Å². The van der Waals surface area contributed by atoms with Crippen LogP contribution >= 0.6 is 0 Å². The van der Waals surface area contributed by atoms with Gasteiger partial charge >= 0.3 is 17.9 Å². The normalized spacial score (nSPS) is 10.1. The molecule has 0 atom stereocenters. The number of carboxylic acids is 1. The Morgan fingerprint density at radius 3 is 1.32 bits per heavy atom. The summed E-state index contributed by atoms with van der Waals surface area (Å²) in [6, 6.07) is 16.8. The molecule has 0 saturated heterocycles. The highest BCUT2D eigenvalue weighted by atomic mass is 16.5. The second kappa shape index (κ2) is 8.05. The van der Waals surface area contributed by atoms with Crippen molar-refractivity contribution in [1.82, 2.24) is 0 Å². The molecule has 3 aromatic carbocycles. The third-order valence-corrected chi connectivity index (χ3v) is 3.72. The predicted octanol–water partition coefficient (Wildman–Crippen LogP) is 3.53. The second-order valence-electron chi connectivity index (χ2n) is 5.68. The number of esters is 2. The standard InChI is InChI=1S/C21H14O7/c22-16-7-11-18(12-8-16)28-21(26)15-3-1-14(2-4-15)20(25)27-17-9-5-13(6-10-17)19(23)24/h1-12,22H,(H,23,24). The summed E-state index contributed by atoms with van der Waals surface area (Å²) < 4.78 is 10.3. The van der Waals surface area contributed by atoms with E-state index in [0.29, 0.717) is 0 Å². The van der Waals surface area contributed by atoms with Crippen LogP contribution in [0.5, 0.6) is 17.2 Å². The molecule has 0 unspecified atom stereocenters. The third-order valence-electron chi connectivity index (χ3n) is 3.72. The highest BCUT2D eigenvalue weighted by Crippen LogP contribution is 2.18. The van der Waals surface area contributed by atoms with E-state index < -0.39 is 17.9 Å². The molecule has 0 radical (unpaired) electrons. The summed E-state index contributed by atoms with van der Waals surface area (Å²) in [5.74, 6) is -1.81. The van der Waals surface area contributed by atoms with E-state index in [1.54, 1.807) is 0 Å². The number of hydrogen-bond donors (Lipinski definition) is 2. The Morgan fingerprint density at radius 2 is 0.929 bits per heavy atom. The number of aromatic hydroxyl groups is 1. The lowest BCUT2D eigenvalue weighted by Crippen LogP contribution is -2.11. The first-order valence-corrected chi connectivity index (χ1v) is 8.09. The topological polar surface area (TPSA) is 110 Å². The van der Waals surface area contributed by atoms with Crippen LogP contribution in [-0.2, 0) is 0 Å².